The van der Waals surface area contributed by atoms with Crippen LogP contribution < -0.4 is 4.74 Å². The fraction of sp³-hybridized carbons (Fsp3) is 0.100. The molecule has 72 valence electrons. The van der Waals surface area contributed by atoms with Crippen molar-refractivity contribution >= 4 is 37.4 Å². The summed E-state index contributed by atoms with van der Waals surface area (Å²) in [5.74, 6) is 0.775. The molecule has 1 aromatic rings. The molecule has 0 saturated carbocycles. The molecule has 1 aromatic carbocycles. The van der Waals surface area contributed by atoms with Gasteiger partial charge in [0.1, 0.15) is 11.8 Å². The smallest absolute Gasteiger partial charge is 0.118 e. The van der Waals surface area contributed by atoms with E-state index in [0.29, 0.717) is 8.96 Å². The second kappa shape index (κ2) is 5.18. The second-order valence-corrected chi connectivity index (χ2v) is 5.13. The molecule has 0 radical (unpaired) electrons. The maximum Gasteiger partial charge on any atom is 0.118 e. The van der Waals surface area contributed by atoms with Crippen LogP contribution in [0.3, 0.4) is 0 Å². The van der Waals surface area contributed by atoms with E-state index in [4.69, 9.17) is 10.00 Å². The molecule has 0 unspecified atom stereocenters. The number of ether oxygens (including phenoxy) is 1. The third kappa shape index (κ3) is 2.60. The van der Waals surface area contributed by atoms with E-state index in [9.17, 15) is 0 Å². The summed E-state index contributed by atoms with van der Waals surface area (Å²) in [5.41, 5.74) is 1.41. The monoisotopic (exact) mass is 315 g/mol. The number of benzene rings is 1. The fourth-order valence-corrected chi connectivity index (χ4v) is 1.61. The van der Waals surface area contributed by atoms with Gasteiger partial charge in [0.2, 0.25) is 0 Å². The molecule has 4 heteroatoms. The van der Waals surface area contributed by atoms with Gasteiger partial charge < -0.3 is 4.74 Å². The summed E-state index contributed by atoms with van der Waals surface area (Å²) in [4.78, 5) is 0. The molecule has 0 fully saturated rings. The van der Waals surface area contributed by atoms with Crippen molar-refractivity contribution in [3.63, 3.8) is 0 Å². The van der Waals surface area contributed by atoms with E-state index >= 15 is 0 Å². The first-order chi connectivity index (χ1) is 6.69. The molecule has 0 atom stereocenters. The first-order valence-electron chi connectivity index (χ1n) is 3.79. The van der Waals surface area contributed by atoms with Crippen LogP contribution in [0.5, 0.6) is 5.75 Å². The normalized spacial score (nSPS) is 9.00. The highest BCUT2D eigenvalue weighted by molar-refractivity contribution is 9.28. The van der Waals surface area contributed by atoms with Crippen LogP contribution >= 0.6 is 31.9 Å². The lowest BCUT2D eigenvalue weighted by molar-refractivity contribution is 0.415. The third-order valence-electron chi connectivity index (χ3n) is 1.68. The summed E-state index contributed by atoms with van der Waals surface area (Å²) in [6.07, 6.45) is 0. The highest BCUT2D eigenvalue weighted by Crippen LogP contribution is 2.27. The quantitative estimate of drug-likeness (QED) is 0.780. The zero-order valence-corrected chi connectivity index (χ0v) is 10.6. The maximum atomic E-state index is 8.88. The number of methoxy groups -OCH3 is 1. The summed E-state index contributed by atoms with van der Waals surface area (Å²) >= 11 is 6.43. The third-order valence-corrected chi connectivity index (χ3v) is 2.47. The minimum absolute atomic E-state index is 0.563. The molecule has 2 nitrogen and oxygen atoms in total. The standard InChI is InChI=1S/C10H7Br2NO/c1-14-8-4-2-7(3-5-8)9(6-13)10(11)12/h2-5H,1H3. The molecule has 14 heavy (non-hydrogen) atoms. The van der Waals surface area contributed by atoms with Crippen molar-refractivity contribution in [1.29, 1.82) is 5.26 Å². The largest absolute Gasteiger partial charge is 0.497 e. The van der Waals surface area contributed by atoms with Crippen molar-refractivity contribution in [1.82, 2.24) is 0 Å². The summed E-state index contributed by atoms with van der Waals surface area (Å²) < 4.78 is 5.67. The molecule has 0 aromatic heterocycles. The summed E-state index contributed by atoms with van der Waals surface area (Å²) in [6.45, 7) is 0. The lowest BCUT2D eigenvalue weighted by atomic mass is 10.1. The summed E-state index contributed by atoms with van der Waals surface area (Å²) in [6, 6.07) is 9.40. The van der Waals surface area contributed by atoms with Gasteiger partial charge in [-0.1, -0.05) is 0 Å². The Morgan fingerprint density at radius 2 is 1.86 bits per heavy atom. The summed E-state index contributed by atoms with van der Waals surface area (Å²) in [7, 11) is 1.61. The number of hydrogen-bond acceptors (Lipinski definition) is 2. The number of nitriles is 1. The highest BCUT2D eigenvalue weighted by atomic mass is 79.9. The molecule has 0 N–H and O–H groups in total. The fourth-order valence-electron chi connectivity index (χ4n) is 0.974. The maximum absolute atomic E-state index is 8.88. The molecule has 0 aliphatic rings. The van der Waals surface area contributed by atoms with Gasteiger partial charge in [0.25, 0.3) is 0 Å². The van der Waals surface area contributed by atoms with E-state index in [-0.39, 0.29) is 0 Å². The molecule has 0 aliphatic heterocycles. The molecule has 0 amide bonds. The molecule has 0 bridgehead atoms. The van der Waals surface area contributed by atoms with Crippen molar-refractivity contribution in [2.75, 3.05) is 7.11 Å². The first kappa shape index (κ1) is 11.3. The van der Waals surface area contributed by atoms with Gasteiger partial charge in [-0.2, -0.15) is 5.26 Å². The SMILES string of the molecule is COc1ccc(C(C#N)=C(Br)Br)cc1. The molecule has 0 spiro atoms. The predicted octanol–water partition coefficient (Wildman–Crippen LogP) is 3.68. The molecule has 0 aliphatic carbocycles. The Morgan fingerprint density at radius 1 is 1.29 bits per heavy atom. The zero-order chi connectivity index (χ0) is 10.6. The van der Waals surface area contributed by atoms with Crippen molar-refractivity contribution < 1.29 is 4.74 Å². The van der Waals surface area contributed by atoms with Gasteiger partial charge in [-0.25, -0.2) is 0 Å². The van der Waals surface area contributed by atoms with Crippen LogP contribution in [-0.2, 0) is 0 Å². The van der Waals surface area contributed by atoms with E-state index in [0.717, 1.165) is 11.3 Å². The van der Waals surface area contributed by atoms with Gasteiger partial charge in [0, 0.05) is 0 Å². The lowest BCUT2D eigenvalue weighted by Gasteiger charge is -2.02. The Bertz CT molecular complexity index is 386. The van der Waals surface area contributed by atoms with Crippen molar-refractivity contribution in [2.24, 2.45) is 0 Å². The molecule has 0 heterocycles. The Labute approximate surface area is 99.4 Å². The van der Waals surface area contributed by atoms with E-state index in [2.05, 4.69) is 37.9 Å². The number of allylic oxidation sites excluding steroid dienone is 1. The molecule has 0 saturated heterocycles. The van der Waals surface area contributed by atoms with E-state index in [1.807, 2.05) is 24.3 Å². The molecular weight excluding hydrogens is 310 g/mol. The van der Waals surface area contributed by atoms with Gasteiger partial charge in [-0.05, 0) is 61.7 Å². The average Bonchev–Trinajstić information content (AvgIpc) is 2.19. The van der Waals surface area contributed by atoms with Gasteiger partial charge in [0.05, 0.1) is 16.1 Å². The highest BCUT2D eigenvalue weighted by Gasteiger charge is 2.04. The molecular formula is C10H7Br2NO. The number of hydrogen-bond donors (Lipinski definition) is 0. The lowest BCUT2D eigenvalue weighted by Crippen LogP contribution is -1.84. The van der Waals surface area contributed by atoms with Crippen LogP contribution in [0.25, 0.3) is 5.57 Å². The van der Waals surface area contributed by atoms with Crippen molar-refractivity contribution in [3.8, 4) is 11.8 Å². The average molecular weight is 317 g/mol. The van der Waals surface area contributed by atoms with Crippen LogP contribution in [0.1, 0.15) is 5.56 Å². The minimum Gasteiger partial charge on any atom is -0.497 e. The van der Waals surface area contributed by atoms with Gasteiger partial charge in [-0.15, -0.1) is 0 Å². The van der Waals surface area contributed by atoms with Gasteiger partial charge in [0.15, 0.2) is 0 Å². The van der Waals surface area contributed by atoms with E-state index in [1.165, 1.54) is 0 Å². The van der Waals surface area contributed by atoms with Crippen LogP contribution in [-0.4, -0.2) is 7.11 Å². The zero-order valence-electron chi connectivity index (χ0n) is 7.42. The minimum atomic E-state index is 0.563. The van der Waals surface area contributed by atoms with Gasteiger partial charge in [-0.3, -0.25) is 0 Å². The summed E-state index contributed by atoms with van der Waals surface area (Å²) in [5, 5.41) is 8.88. The first-order valence-corrected chi connectivity index (χ1v) is 5.37. The molecule has 1 rings (SSSR count). The van der Waals surface area contributed by atoms with Crippen LogP contribution in [0.4, 0.5) is 0 Å². The van der Waals surface area contributed by atoms with Crippen LogP contribution in [0.2, 0.25) is 0 Å². The number of halogens is 2. The number of rotatable bonds is 2. The van der Waals surface area contributed by atoms with Crippen molar-refractivity contribution in [3.05, 3.63) is 33.2 Å². The Kier molecular flexibility index (Phi) is 4.18. The Hall–Kier alpha value is -0.790. The van der Waals surface area contributed by atoms with Crippen LogP contribution in [0.15, 0.2) is 27.7 Å². The topological polar surface area (TPSA) is 33.0 Å². The van der Waals surface area contributed by atoms with Crippen LogP contribution in [0, 0.1) is 11.3 Å². The Morgan fingerprint density at radius 3 is 2.21 bits per heavy atom. The van der Waals surface area contributed by atoms with E-state index < -0.39 is 0 Å². The Balaban J connectivity index is 3.10. The second-order valence-electron chi connectivity index (χ2n) is 2.48. The van der Waals surface area contributed by atoms with E-state index in [1.54, 1.807) is 7.11 Å². The predicted molar refractivity (Wildman–Crippen MR) is 63.4 cm³/mol. The van der Waals surface area contributed by atoms with Gasteiger partial charge >= 0.3 is 0 Å². The number of nitrogens with zero attached hydrogens (tertiary/aromatic N) is 1. The van der Waals surface area contributed by atoms with Crippen molar-refractivity contribution in [2.45, 2.75) is 0 Å².